The van der Waals surface area contributed by atoms with Gasteiger partial charge in [-0.25, -0.2) is 0 Å². The van der Waals surface area contributed by atoms with Gasteiger partial charge in [0, 0.05) is 29.6 Å². The first-order valence-electron chi connectivity index (χ1n) is 6.59. The standard InChI is InChI=1S/C16H14N2O2/c19-14(20)5-1-3-11-8-10-18-16-13(11)7-6-12-4-2-9-17-15(12)16/h2,4,6-10H,1,3,5H2,(H,19,20). The monoisotopic (exact) mass is 266 g/mol. The molecule has 4 nitrogen and oxygen atoms in total. The Kier molecular flexibility index (Phi) is 3.29. The lowest BCUT2D eigenvalue weighted by atomic mass is 10.0. The fourth-order valence-electron chi connectivity index (χ4n) is 2.46. The van der Waals surface area contributed by atoms with Crippen LogP contribution in [0.1, 0.15) is 18.4 Å². The molecule has 1 aromatic carbocycles. The number of benzene rings is 1. The Balaban J connectivity index is 2.06. The van der Waals surface area contributed by atoms with Gasteiger partial charge in [0.15, 0.2) is 0 Å². The van der Waals surface area contributed by atoms with Gasteiger partial charge in [-0.15, -0.1) is 0 Å². The van der Waals surface area contributed by atoms with Crippen molar-refractivity contribution in [3.8, 4) is 0 Å². The molecule has 0 aliphatic rings. The van der Waals surface area contributed by atoms with Crippen LogP contribution in [-0.4, -0.2) is 21.0 Å². The lowest BCUT2D eigenvalue weighted by Crippen LogP contribution is -1.97. The largest absolute Gasteiger partial charge is 0.481 e. The summed E-state index contributed by atoms with van der Waals surface area (Å²) in [5.74, 6) is -0.754. The molecule has 0 spiro atoms. The van der Waals surface area contributed by atoms with Crippen LogP contribution in [0.15, 0.2) is 42.7 Å². The Morgan fingerprint density at radius 3 is 2.75 bits per heavy atom. The minimum absolute atomic E-state index is 0.190. The summed E-state index contributed by atoms with van der Waals surface area (Å²) in [6.07, 6.45) is 5.10. The van der Waals surface area contributed by atoms with E-state index in [0.29, 0.717) is 6.42 Å². The summed E-state index contributed by atoms with van der Waals surface area (Å²) in [7, 11) is 0. The number of carbonyl (C=O) groups is 1. The van der Waals surface area contributed by atoms with Crippen molar-refractivity contribution in [1.82, 2.24) is 9.97 Å². The molecule has 100 valence electrons. The molecule has 0 amide bonds. The molecular formula is C16H14N2O2. The quantitative estimate of drug-likeness (QED) is 0.737. The van der Waals surface area contributed by atoms with Crippen LogP contribution < -0.4 is 0 Å². The minimum atomic E-state index is -0.754. The summed E-state index contributed by atoms with van der Waals surface area (Å²) < 4.78 is 0. The SMILES string of the molecule is O=C(O)CCCc1ccnc2c1ccc1cccnc12. The molecule has 0 radical (unpaired) electrons. The molecule has 0 fully saturated rings. The number of hydrogen-bond donors (Lipinski definition) is 1. The first-order valence-corrected chi connectivity index (χ1v) is 6.59. The lowest BCUT2D eigenvalue weighted by Gasteiger charge is -2.07. The van der Waals surface area contributed by atoms with Crippen LogP contribution in [0.4, 0.5) is 0 Å². The van der Waals surface area contributed by atoms with E-state index in [1.54, 1.807) is 12.4 Å². The first kappa shape index (κ1) is 12.5. The third-order valence-electron chi connectivity index (χ3n) is 3.41. The highest BCUT2D eigenvalue weighted by Crippen LogP contribution is 2.25. The number of aromatic nitrogens is 2. The van der Waals surface area contributed by atoms with Crippen molar-refractivity contribution < 1.29 is 9.90 Å². The Bertz CT molecular complexity index is 784. The minimum Gasteiger partial charge on any atom is -0.481 e. The summed E-state index contributed by atoms with van der Waals surface area (Å²) in [5, 5.41) is 10.8. The van der Waals surface area contributed by atoms with E-state index in [1.165, 1.54) is 0 Å². The Morgan fingerprint density at radius 1 is 1.05 bits per heavy atom. The van der Waals surface area contributed by atoms with E-state index >= 15 is 0 Å². The molecule has 2 aromatic heterocycles. The van der Waals surface area contributed by atoms with Crippen LogP contribution in [-0.2, 0) is 11.2 Å². The maximum Gasteiger partial charge on any atom is 0.303 e. The van der Waals surface area contributed by atoms with E-state index in [4.69, 9.17) is 5.11 Å². The third kappa shape index (κ3) is 2.32. The molecule has 0 bridgehead atoms. The number of aryl methyl sites for hydroxylation is 1. The molecular weight excluding hydrogens is 252 g/mol. The highest BCUT2D eigenvalue weighted by atomic mass is 16.4. The molecule has 2 heterocycles. The molecule has 4 heteroatoms. The number of rotatable bonds is 4. The van der Waals surface area contributed by atoms with Gasteiger partial charge in [0.05, 0.1) is 11.0 Å². The van der Waals surface area contributed by atoms with Gasteiger partial charge in [0.25, 0.3) is 0 Å². The van der Waals surface area contributed by atoms with Gasteiger partial charge in [-0.2, -0.15) is 0 Å². The topological polar surface area (TPSA) is 63.1 Å². The van der Waals surface area contributed by atoms with Gasteiger partial charge < -0.3 is 5.11 Å². The van der Waals surface area contributed by atoms with Crippen molar-refractivity contribution >= 4 is 27.8 Å². The van der Waals surface area contributed by atoms with Gasteiger partial charge in [-0.3, -0.25) is 14.8 Å². The number of carboxylic acid groups (broad SMARTS) is 1. The molecule has 1 N–H and O–H groups in total. The van der Waals surface area contributed by atoms with Crippen molar-refractivity contribution in [3.05, 3.63) is 48.3 Å². The van der Waals surface area contributed by atoms with Crippen LogP contribution >= 0.6 is 0 Å². The van der Waals surface area contributed by atoms with E-state index in [1.807, 2.05) is 30.3 Å². The zero-order chi connectivity index (χ0) is 13.9. The predicted molar refractivity (Wildman–Crippen MR) is 77.6 cm³/mol. The van der Waals surface area contributed by atoms with Gasteiger partial charge in [-0.1, -0.05) is 18.2 Å². The number of aliphatic carboxylic acids is 1. The highest BCUT2D eigenvalue weighted by molar-refractivity contribution is 6.03. The Hall–Kier alpha value is -2.49. The molecule has 0 aliphatic heterocycles. The van der Waals surface area contributed by atoms with E-state index < -0.39 is 5.97 Å². The van der Waals surface area contributed by atoms with Crippen molar-refractivity contribution in [2.45, 2.75) is 19.3 Å². The van der Waals surface area contributed by atoms with Crippen LogP contribution in [0.5, 0.6) is 0 Å². The van der Waals surface area contributed by atoms with Crippen molar-refractivity contribution in [2.75, 3.05) is 0 Å². The number of nitrogens with zero attached hydrogens (tertiary/aromatic N) is 2. The zero-order valence-corrected chi connectivity index (χ0v) is 10.9. The Morgan fingerprint density at radius 2 is 1.90 bits per heavy atom. The number of carboxylic acids is 1. The summed E-state index contributed by atoms with van der Waals surface area (Å²) >= 11 is 0. The molecule has 0 aliphatic carbocycles. The fourth-order valence-corrected chi connectivity index (χ4v) is 2.46. The molecule has 0 atom stereocenters. The fraction of sp³-hybridized carbons (Fsp3) is 0.188. The zero-order valence-electron chi connectivity index (χ0n) is 10.9. The van der Waals surface area contributed by atoms with Crippen LogP contribution in [0.3, 0.4) is 0 Å². The van der Waals surface area contributed by atoms with Crippen molar-refractivity contribution in [1.29, 1.82) is 0 Å². The van der Waals surface area contributed by atoms with Crippen molar-refractivity contribution in [2.24, 2.45) is 0 Å². The maximum atomic E-state index is 10.6. The Labute approximate surface area is 116 Å². The molecule has 3 aromatic rings. The lowest BCUT2D eigenvalue weighted by molar-refractivity contribution is -0.137. The van der Waals surface area contributed by atoms with Gasteiger partial charge in [0.2, 0.25) is 0 Å². The van der Waals surface area contributed by atoms with Crippen LogP contribution in [0.2, 0.25) is 0 Å². The second kappa shape index (κ2) is 5.25. The van der Waals surface area contributed by atoms with Crippen molar-refractivity contribution in [3.63, 3.8) is 0 Å². The normalized spacial score (nSPS) is 11.0. The summed E-state index contributed by atoms with van der Waals surface area (Å²) in [5.41, 5.74) is 2.91. The molecule has 0 saturated heterocycles. The third-order valence-corrected chi connectivity index (χ3v) is 3.41. The van der Waals surface area contributed by atoms with E-state index in [0.717, 1.165) is 33.8 Å². The average molecular weight is 266 g/mol. The van der Waals surface area contributed by atoms with Crippen LogP contribution in [0.25, 0.3) is 21.8 Å². The number of hydrogen-bond acceptors (Lipinski definition) is 3. The van der Waals surface area contributed by atoms with E-state index in [9.17, 15) is 4.79 Å². The molecule has 0 saturated carbocycles. The summed E-state index contributed by atoms with van der Waals surface area (Å²) in [6.45, 7) is 0. The molecule has 3 rings (SSSR count). The van der Waals surface area contributed by atoms with Crippen LogP contribution in [0, 0.1) is 0 Å². The second-order valence-corrected chi connectivity index (χ2v) is 4.75. The number of pyridine rings is 2. The number of fused-ring (bicyclic) bond motifs is 3. The van der Waals surface area contributed by atoms with Gasteiger partial charge in [0.1, 0.15) is 0 Å². The summed E-state index contributed by atoms with van der Waals surface area (Å²) in [4.78, 5) is 19.4. The maximum absolute atomic E-state index is 10.6. The second-order valence-electron chi connectivity index (χ2n) is 4.75. The molecule has 20 heavy (non-hydrogen) atoms. The average Bonchev–Trinajstić information content (AvgIpc) is 2.47. The highest BCUT2D eigenvalue weighted by Gasteiger charge is 2.07. The van der Waals surface area contributed by atoms with E-state index in [2.05, 4.69) is 9.97 Å². The summed E-state index contributed by atoms with van der Waals surface area (Å²) in [6, 6.07) is 9.96. The van der Waals surface area contributed by atoms with E-state index in [-0.39, 0.29) is 6.42 Å². The molecule has 0 unspecified atom stereocenters. The predicted octanol–water partition coefficient (Wildman–Crippen LogP) is 3.19. The smallest absolute Gasteiger partial charge is 0.303 e. The first-order chi connectivity index (χ1) is 9.75. The van der Waals surface area contributed by atoms with Gasteiger partial charge >= 0.3 is 5.97 Å². The van der Waals surface area contributed by atoms with Gasteiger partial charge in [-0.05, 0) is 30.5 Å².